The standard InChI is InChI=1S/C15H20ClN3O3/c1-15(2)7-9(14(21)22)19-10(15)11(16)18-12(13(19)20)17-8-5-3-4-6-8/h8-9H,3-7H2,1-2H3,(H,17,18)(H,21,22)/t9-/m0/s1. The lowest BCUT2D eigenvalue weighted by molar-refractivity contribution is -0.140. The minimum atomic E-state index is -1.01. The Balaban J connectivity index is 2.10. The second-order valence-electron chi connectivity index (χ2n) is 6.84. The van der Waals surface area contributed by atoms with Crippen molar-refractivity contribution < 1.29 is 9.90 Å². The molecule has 1 atom stereocenters. The average molecular weight is 326 g/mol. The molecule has 6 nitrogen and oxygen atoms in total. The number of anilines is 1. The number of halogens is 1. The van der Waals surface area contributed by atoms with E-state index in [0.29, 0.717) is 12.1 Å². The van der Waals surface area contributed by atoms with Gasteiger partial charge in [-0.3, -0.25) is 9.36 Å². The molecular weight excluding hydrogens is 306 g/mol. The molecule has 120 valence electrons. The molecule has 1 aliphatic heterocycles. The average Bonchev–Trinajstić information content (AvgIpc) is 3.01. The molecule has 3 rings (SSSR count). The number of carbonyl (C=O) groups is 1. The molecule has 0 spiro atoms. The van der Waals surface area contributed by atoms with Crippen molar-refractivity contribution in [1.29, 1.82) is 0 Å². The van der Waals surface area contributed by atoms with E-state index in [2.05, 4.69) is 10.3 Å². The maximum atomic E-state index is 12.7. The van der Waals surface area contributed by atoms with E-state index in [-0.39, 0.29) is 22.6 Å². The molecule has 1 saturated carbocycles. The minimum Gasteiger partial charge on any atom is -0.480 e. The predicted molar refractivity (Wildman–Crippen MR) is 83.7 cm³/mol. The molecule has 0 radical (unpaired) electrons. The lowest BCUT2D eigenvalue weighted by Gasteiger charge is -2.20. The fraction of sp³-hybridized carbons (Fsp3) is 0.667. The first-order valence-electron chi connectivity index (χ1n) is 7.63. The third kappa shape index (κ3) is 2.39. The van der Waals surface area contributed by atoms with Crippen molar-refractivity contribution in [2.45, 2.75) is 63.5 Å². The van der Waals surface area contributed by atoms with Crippen LogP contribution in [0.3, 0.4) is 0 Å². The molecular formula is C15H20ClN3O3. The Bertz CT molecular complexity index is 677. The lowest BCUT2D eigenvalue weighted by atomic mass is 9.87. The summed E-state index contributed by atoms with van der Waals surface area (Å²) in [6, 6.07) is -0.672. The molecule has 22 heavy (non-hydrogen) atoms. The van der Waals surface area contributed by atoms with Gasteiger partial charge in [0.15, 0.2) is 11.0 Å². The number of carboxylic acids is 1. The monoisotopic (exact) mass is 325 g/mol. The quantitative estimate of drug-likeness (QED) is 0.892. The summed E-state index contributed by atoms with van der Waals surface area (Å²) < 4.78 is 1.31. The summed E-state index contributed by atoms with van der Waals surface area (Å²) in [6.45, 7) is 3.78. The first-order chi connectivity index (χ1) is 10.3. The summed E-state index contributed by atoms with van der Waals surface area (Å²) in [4.78, 5) is 28.5. The van der Waals surface area contributed by atoms with Gasteiger partial charge in [0.2, 0.25) is 0 Å². The van der Waals surface area contributed by atoms with Gasteiger partial charge in [-0.25, -0.2) is 9.78 Å². The fourth-order valence-corrected chi connectivity index (χ4v) is 4.07. The van der Waals surface area contributed by atoms with Crippen LogP contribution in [0.5, 0.6) is 0 Å². The van der Waals surface area contributed by atoms with Gasteiger partial charge in [0.05, 0.1) is 5.69 Å². The molecule has 2 heterocycles. The Labute approximate surface area is 133 Å². The van der Waals surface area contributed by atoms with Crippen LogP contribution in [0.4, 0.5) is 5.82 Å². The first-order valence-corrected chi connectivity index (χ1v) is 8.01. The fourth-order valence-electron chi connectivity index (χ4n) is 3.64. The molecule has 0 saturated heterocycles. The maximum Gasteiger partial charge on any atom is 0.326 e. The third-order valence-corrected chi connectivity index (χ3v) is 4.97. The van der Waals surface area contributed by atoms with Crippen LogP contribution in [0.1, 0.15) is 57.7 Å². The number of rotatable bonds is 3. The van der Waals surface area contributed by atoms with Gasteiger partial charge < -0.3 is 10.4 Å². The van der Waals surface area contributed by atoms with Gasteiger partial charge >= 0.3 is 5.97 Å². The van der Waals surface area contributed by atoms with Crippen molar-refractivity contribution in [1.82, 2.24) is 9.55 Å². The van der Waals surface area contributed by atoms with Crippen molar-refractivity contribution in [3.05, 3.63) is 21.2 Å². The normalized spacial score (nSPS) is 23.5. The molecule has 1 aromatic rings. The van der Waals surface area contributed by atoms with Gasteiger partial charge in [-0.1, -0.05) is 38.3 Å². The zero-order valence-corrected chi connectivity index (χ0v) is 13.5. The van der Waals surface area contributed by atoms with Crippen molar-refractivity contribution in [3.8, 4) is 0 Å². The third-order valence-electron chi connectivity index (χ3n) is 4.71. The van der Waals surface area contributed by atoms with Gasteiger partial charge in [-0.05, 0) is 19.3 Å². The zero-order valence-electron chi connectivity index (χ0n) is 12.7. The van der Waals surface area contributed by atoms with Crippen molar-refractivity contribution >= 4 is 23.4 Å². The Hall–Kier alpha value is -1.56. The first kappa shape index (κ1) is 15.3. The predicted octanol–water partition coefficient (Wildman–Crippen LogP) is 2.56. The summed E-state index contributed by atoms with van der Waals surface area (Å²) in [5, 5.41) is 12.8. The van der Waals surface area contributed by atoms with E-state index in [4.69, 9.17) is 11.6 Å². The topological polar surface area (TPSA) is 84.2 Å². The summed E-state index contributed by atoms with van der Waals surface area (Å²) in [5.41, 5.74) is -0.356. The Morgan fingerprint density at radius 2 is 2.05 bits per heavy atom. The molecule has 1 aromatic heterocycles. The van der Waals surface area contributed by atoms with Crippen molar-refractivity contribution in [2.24, 2.45) is 0 Å². The van der Waals surface area contributed by atoms with Gasteiger partial charge in [0, 0.05) is 11.5 Å². The van der Waals surface area contributed by atoms with Crippen molar-refractivity contribution in [3.63, 3.8) is 0 Å². The van der Waals surface area contributed by atoms with E-state index in [0.717, 1.165) is 25.7 Å². The highest BCUT2D eigenvalue weighted by atomic mass is 35.5. The summed E-state index contributed by atoms with van der Waals surface area (Å²) >= 11 is 6.28. The van der Waals surface area contributed by atoms with Crippen LogP contribution in [0.2, 0.25) is 5.15 Å². The molecule has 0 bridgehead atoms. The zero-order chi connectivity index (χ0) is 16.1. The van der Waals surface area contributed by atoms with Crippen molar-refractivity contribution in [2.75, 3.05) is 5.32 Å². The number of aromatic nitrogens is 2. The molecule has 0 amide bonds. The number of nitrogens with zero attached hydrogens (tertiary/aromatic N) is 2. The van der Waals surface area contributed by atoms with Gasteiger partial charge in [-0.15, -0.1) is 0 Å². The largest absolute Gasteiger partial charge is 0.480 e. The van der Waals surface area contributed by atoms with Crippen LogP contribution < -0.4 is 10.9 Å². The van der Waals surface area contributed by atoms with Gasteiger partial charge in [-0.2, -0.15) is 0 Å². The maximum absolute atomic E-state index is 12.7. The molecule has 1 fully saturated rings. The smallest absolute Gasteiger partial charge is 0.326 e. The molecule has 2 N–H and O–H groups in total. The van der Waals surface area contributed by atoms with Crippen LogP contribution in [-0.2, 0) is 10.2 Å². The number of nitrogens with one attached hydrogen (secondary N) is 1. The Morgan fingerprint density at radius 1 is 1.41 bits per heavy atom. The number of hydrogen-bond acceptors (Lipinski definition) is 4. The Kier molecular flexibility index (Phi) is 3.67. The minimum absolute atomic E-state index is 0.171. The van der Waals surface area contributed by atoms with Crippen LogP contribution >= 0.6 is 11.6 Å². The van der Waals surface area contributed by atoms with E-state index in [1.54, 1.807) is 0 Å². The van der Waals surface area contributed by atoms with E-state index < -0.39 is 17.4 Å². The number of aliphatic carboxylic acids is 1. The number of carboxylic acid groups (broad SMARTS) is 1. The van der Waals surface area contributed by atoms with Crippen LogP contribution in [-0.4, -0.2) is 26.7 Å². The Morgan fingerprint density at radius 3 is 2.64 bits per heavy atom. The van der Waals surface area contributed by atoms with Gasteiger partial charge in [0.1, 0.15) is 6.04 Å². The molecule has 0 aromatic carbocycles. The number of fused-ring (bicyclic) bond motifs is 1. The summed E-state index contributed by atoms with van der Waals surface area (Å²) in [5.74, 6) is -0.840. The SMILES string of the molecule is CC1(C)C[C@@H](C(=O)O)n2c1c(Cl)nc(NC1CCCC1)c2=O. The lowest BCUT2D eigenvalue weighted by Crippen LogP contribution is -2.33. The molecule has 2 aliphatic rings. The van der Waals surface area contributed by atoms with E-state index >= 15 is 0 Å². The summed E-state index contributed by atoms with van der Waals surface area (Å²) in [6.07, 6.45) is 4.58. The van der Waals surface area contributed by atoms with Crippen LogP contribution in [0, 0.1) is 0 Å². The second kappa shape index (κ2) is 5.26. The molecule has 7 heteroatoms. The van der Waals surface area contributed by atoms with Crippen LogP contribution in [0.25, 0.3) is 0 Å². The number of hydrogen-bond donors (Lipinski definition) is 2. The van der Waals surface area contributed by atoms with Gasteiger partial charge in [0.25, 0.3) is 5.56 Å². The second-order valence-corrected chi connectivity index (χ2v) is 7.20. The van der Waals surface area contributed by atoms with E-state index in [1.165, 1.54) is 4.57 Å². The summed E-state index contributed by atoms with van der Waals surface area (Å²) in [7, 11) is 0. The highest BCUT2D eigenvalue weighted by Gasteiger charge is 2.44. The van der Waals surface area contributed by atoms with Crippen LogP contribution in [0.15, 0.2) is 4.79 Å². The molecule has 0 unspecified atom stereocenters. The highest BCUT2D eigenvalue weighted by molar-refractivity contribution is 6.30. The van der Waals surface area contributed by atoms with E-state index in [9.17, 15) is 14.7 Å². The molecule has 1 aliphatic carbocycles. The van der Waals surface area contributed by atoms with E-state index in [1.807, 2.05) is 13.8 Å². The highest BCUT2D eigenvalue weighted by Crippen LogP contribution is 2.42.